The fraction of sp³-hybridized carbons (Fsp3) is 0.800. The Morgan fingerprint density at radius 3 is 2.79 bits per heavy atom. The molecule has 4 nitrogen and oxygen atoms in total. The Labute approximate surface area is 85.6 Å². The van der Waals surface area contributed by atoms with Gasteiger partial charge in [-0.05, 0) is 12.3 Å². The van der Waals surface area contributed by atoms with Crippen LogP contribution in [0.15, 0.2) is 5.10 Å². The van der Waals surface area contributed by atoms with Crippen molar-refractivity contribution in [2.24, 2.45) is 10.5 Å². The van der Waals surface area contributed by atoms with Crippen molar-refractivity contribution in [1.82, 2.24) is 9.91 Å². The first-order chi connectivity index (χ1) is 6.57. The Morgan fingerprint density at radius 1 is 1.57 bits per heavy atom. The first-order valence-corrected chi connectivity index (χ1v) is 5.04. The fourth-order valence-electron chi connectivity index (χ4n) is 1.54. The monoisotopic (exact) mass is 197 g/mol. The lowest BCUT2D eigenvalue weighted by Gasteiger charge is -2.28. The molecule has 0 aliphatic carbocycles. The van der Waals surface area contributed by atoms with E-state index >= 15 is 0 Å². The third-order valence-corrected chi connectivity index (χ3v) is 2.36. The van der Waals surface area contributed by atoms with Crippen LogP contribution >= 0.6 is 0 Å². The van der Waals surface area contributed by atoms with E-state index in [1.54, 1.807) is 0 Å². The van der Waals surface area contributed by atoms with Crippen molar-refractivity contribution < 1.29 is 4.79 Å². The molecular formula is C10H19N3O. The normalized spacial score (nSPS) is 16.5. The zero-order valence-electron chi connectivity index (χ0n) is 9.23. The third kappa shape index (κ3) is 3.01. The molecule has 0 aromatic rings. The van der Waals surface area contributed by atoms with Gasteiger partial charge in [0.05, 0.1) is 0 Å². The molecule has 0 saturated carbocycles. The highest BCUT2D eigenvalue weighted by molar-refractivity contribution is 5.56. The number of hydrogen-bond acceptors (Lipinski definition) is 4. The highest BCUT2D eigenvalue weighted by atomic mass is 16.1. The van der Waals surface area contributed by atoms with Crippen molar-refractivity contribution in [2.75, 3.05) is 19.8 Å². The van der Waals surface area contributed by atoms with E-state index in [1.165, 1.54) is 0 Å². The van der Waals surface area contributed by atoms with E-state index in [4.69, 9.17) is 0 Å². The van der Waals surface area contributed by atoms with Crippen LogP contribution < -0.4 is 0 Å². The van der Waals surface area contributed by atoms with Crippen LogP contribution in [0.2, 0.25) is 0 Å². The molecule has 0 unspecified atom stereocenters. The van der Waals surface area contributed by atoms with E-state index < -0.39 is 0 Å². The van der Waals surface area contributed by atoms with Crippen LogP contribution in [0.3, 0.4) is 0 Å². The smallest absolute Gasteiger partial charge is 0.120 e. The van der Waals surface area contributed by atoms with Gasteiger partial charge in [0.2, 0.25) is 0 Å². The van der Waals surface area contributed by atoms with E-state index in [2.05, 4.69) is 30.8 Å². The topological polar surface area (TPSA) is 35.9 Å². The van der Waals surface area contributed by atoms with Crippen LogP contribution in [-0.2, 0) is 4.79 Å². The van der Waals surface area contributed by atoms with Crippen molar-refractivity contribution in [2.45, 2.75) is 27.2 Å². The molecule has 1 rings (SSSR count). The van der Waals surface area contributed by atoms with Gasteiger partial charge >= 0.3 is 0 Å². The summed E-state index contributed by atoms with van der Waals surface area (Å²) in [5.74, 6) is 0. The van der Waals surface area contributed by atoms with Gasteiger partial charge in [-0.1, -0.05) is 13.8 Å². The highest BCUT2D eigenvalue weighted by Gasteiger charge is 2.23. The number of hydrazone groups is 1. The molecule has 0 aromatic carbocycles. The number of nitrogens with zero attached hydrogens (tertiary/aromatic N) is 3. The summed E-state index contributed by atoms with van der Waals surface area (Å²) in [7, 11) is 0. The maximum absolute atomic E-state index is 10.5. The van der Waals surface area contributed by atoms with Gasteiger partial charge < -0.3 is 9.69 Å². The summed E-state index contributed by atoms with van der Waals surface area (Å²) in [6.07, 6.45) is 3.45. The second-order valence-corrected chi connectivity index (χ2v) is 4.48. The quantitative estimate of drug-likeness (QED) is 0.620. The molecule has 0 amide bonds. The van der Waals surface area contributed by atoms with Crippen LogP contribution in [0.5, 0.6) is 0 Å². The summed E-state index contributed by atoms with van der Waals surface area (Å²) in [5, 5.41) is 6.22. The minimum Gasteiger partial charge on any atom is -0.341 e. The van der Waals surface area contributed by atoms with Crippen LogP contribution in [0.25, 0.3) is 0 Å². The zero-order valence-corrected chi connectivity index (χ0v) is 9.23. The fourth-order valence-corrected chi connectivity index (χ4v) is 1.54. The van der Waals surface area contributed by atoms with Gasteiger partial charge in [-0.3, -0.25) is 5.01 Å². The summed E-state index contributed by atoms with van der Waals surface area (Å²) in [4.78, 5) is 12.6. The van der Waals surface area contributed by atoms with Gasteiger partial charge in [0.1, 0.15) is 19.3 Å². The Balaban J connectivity index is 2.39. The molecule has 80 valence electrons. The summed E-state index contributed by atoms with van der Waals surface area (Å²) < 4.78 is 0. The molecule has 1 aliphatic rings. The second kappa shape index (κ2) is 4.44. The Bertz CT molecular complexity index is 225. The van der Waals surface area contributed by atoms with Crippen molar-refractivity contribution in [3.05, 3.63) is 0 Å². The minimum absolute atomic E-state index is 0.0392. The number of carbonyl (C=O) groups excluding carboxylic acids is 1. The molecule has 0 aromatic heterocycles. The van der Waals surface area contributed by atoms with Crippen molar-refractivity contribution >= 4 is 12.6 Å². The summed E-state index contributed by atoms with van der Waals surface area (Å²) in [6.45, 7) is 8.94. The predicted molar refractivity (Wildman–Crippen MR) is 56.9 cm³/mol. The van der Waals surface area contributed by atoms with Crippen molar-refractivity contribution in [1.29, 1.82) is 0 Å². The Kier molecular flexibility index (Phi) is 3.49. The molecular weight excluding hydrogens is 178 g/mol. The van der Waals surface area contributed by atoms with Crippen LogP contribution in [0.1, 0.15) is 27.2 Å². The average molecular weight is 197 g/mol. The first kappa shape index (κ1) is 11.0. The number of carbonyl (C=O) groups is 1. The summed E-state index contributed by atoms with van der Waals surface area (Å²) >= 11 is 0. The lowest BCUT2D eigenvalue weighted by Crippen LogP contribution is -2.35. The molecule has 14 heavy (non-hydrogen) atoms. The predicted octanol–water partition coefficient (Wildman–Crippen LogP) is 1.14. The first-order valence-electron chi connectivity index (χ1n) is 5.04. The molecule has 0 radical (unpaired) electrons. The molecule has 0 N–H and O–H groups in total. The van der Waals surface area contributed by atoms with E-state index in [0.717, 1.165) is 26.0 Å². The van der Waals surface area contributed by atoms with Crippen LogP contribution in [-0.4, -0.2) is 42.3 Å². The van der Waals surface area contributed by atoms with Gasteiger partial charge in [-0.25, -0.2) is 0 Å². The maximum atomic E-state index is 10.5. The maximum Gasteiger partial charge on any atom is 0.120 e. The van der Waals surface area contributed by atoms with Gasteiger partial charge in [0.15, 0.2) is 0 Å². The minimum atomic E-state index is 0.0392. The van der Waals surface area contributed by atoms with Crippen LogP contribution in [0.4, 0.5) is 0 Å². The molecule has 4 heteroatoms. The Hall–Kier alpha value is -1.06. The lowest BCUT2D eigenvalue weighted by molar-refractivity contribution is -0.109. The average Bonchev–Trinajstić information content (AvgIpc) is 2.51. The molecule has 0 bridgehead atoms. The summed E-state index contributed by atoms with van der Waals surface area (Å²) in [6, 6.07) is 0. The van der Waals surface area contributed by atoms with E-state index in [-0.39, 0.29) is 5.41 Å². The summed E-state index contributed by atoms with van der Waals surface area (Å²) in [5.41, 5.74) is 0.0392. The van der Waals surface area contributed by atoms with Gasteiger partial charge in [-0.15, -0.1) is 0 Å². The molecule has 0 atom stereocenters. The number of aldehydes is 1. The molecule has 0 spiro atoms. The third-order valence-electron chi connectivity index (χ3n) is 2.36. The van der Waals surface area contributed by atoms with E-state index in [9.17, 15) is 4.79 Å². The van der Waals surface area contributed by atoms with E-state index in [0.29, 0.717) is 6.42 Å². The lowest BCUT2D eigenvalue weighted by atomic mass is 9.90. The molecule has 0 fully saturated rings. The van der Waals surface area contributed by atoms with Crippen molar-refractivity contribution in [3.8, 4) is 0 Å². The number of hydrogen-bond donors (Lipinski definition) is 0. The molecule has 0 saturated heterocycles. The largest absolute Gasteiger partial charge is 0.341 e. The van der Waals surface area contributed by atoms with Gasteiger partial charge in [0, 0.05) is 19.5 Å². The SMILES string of the molecule is CCN1CN(CC(C)(C)CC=O)C=N1. The van der Waals surface area contributed by atoms with E-state index in [1.807, 2.05) is 11.3 Å². The molecule has 1 heterocycles. The molecule has 1 aliphatic heterocycles. The van der Waals surface area contributed by atoms with Gasteiger partial charge in [0.25, 0.3) is 0 Å². The highest BCUT2D eigenvalue weighted by Crippen LogP contribution is 2.21. The number of rotatable bonds is 5. The second-order valence-electron chi connectivity index (χ2n) is 4.48. The Morgan fingerprint density at radius 2 is 2.29 bits per heavy atom. The standard InChI is InChI=1S/C10H19N3O/c1-4-13-9-12(8-11-13)7-10(2,3)5-6-14/h6,8H,4-5,7,9H2,1-3H3. The van der Waals surface area contributed by atoms with Gasteiger partial charge in [-0.2, -0.15) is 5.10 Å². The zero-order chi connectivity index (χ0) is 10.6. The van der Waals surface area contributed by atoms with Crippen molar-refractivity contribution in [3.63, 3.8) is 0 Å². The van der Waals surface area contributed by atoms with Crippen LogP contribution in [0, 0.1) is 5.41 Å².